The number of carbonyl (C=O) groups excluding carboxylic acids is 2. The molecule has 0 unspecified atom stereocenters. The maximum absolute atomic E-state index is 12.3. The van der Waals surface area contributed by atoms with Crippen LogP contribution in [0.15, 0.2) is 5.38 Å². The van der Waals surface area contributed by atoms with Gasteiger partial charge in [-0.15, -0.1) is 23.7 Å². The maximum atomic E-state index is 12.3. The topological polar surface area (TPSA) is 94.3 Å². The van der Waals surface area contributed by atoms with E-state index in [-0.39, 0.29) is 30.7 Å². The van der Waals surface area contributed by atoms with E-state index in [2.05, 4.69) is 10.3 Å². The molecule has 0 saturated carbocycles. The lowest BCUT2D eigenvalue weighted by Crippen LogP contribution is -2.41. The summed E-state index contributed by atoms with van der Waals surface area (Å²) in [5.41, 5.74) is 5.78. The van der Waals surface area contributed by atoms with Gasteiger partial charge in [-0.05, 0) is 19.8 Å². The van der Waals surface area contributed by atoms with E-state index in [1.807, 2.05) is 13.8 Å². The lowest BCUT2D eigenvalue weighted by molar-refractivity contribution is -0.142. The Morgan fingerprint density at radius 1 is 1.36 bits per heavy atom. The molecule has 8 heteroatoms. The van der Waals surface area contributed by atoms with E-state index >= 15 is 0 Å². The van der Waals surface area contributed by atoms with Gasteiger partial charge < -0.3 is 15.8 Å². The average molecular weight is 350 g/mol. The van der Waals surface area contributed by atoms with Gasteiger partial charge in [0.25, 0.3) is 0 Å². The van der Waals surface area contributed by atoms with Crippen molar-refractivity contribution in [2.45, 2.75) is 40.0 Å². The smallest absolute Gasteiger partial charge is 0.311 e. The number of aromatic nitrogens is 1. The van der Waals surface area contributed by atoms with E-state index in [0.717, 1.165) is 0 Å². The number of hydrogen-bond donors (Lipinski definition) is 2. The zero-order valence-corrected chi connectivity index (χ0v) is 14.8. The molecule has 1 rings (SSSR count). The number of nitrogens with one attached hydrogen (secondary N) is 1. The number of rotatable bonds is 8. The van der Waals surface area contributed by atoms with Crippen molar-refractivity contribution in [3.8, 4) is 0 Å². The van der Waals surface area contributed by atoms with Crippen LogP contribution in [-0.4, -0.2) is 30.0 Å². The molecule has 0 atom stereocenters. The van der Waals surface area contributed by atoms with E-state index in [0.29, 0.717) is 36.8 Å². The monoisotopic (exact) mass is 349 g/mol. The van der Waals surface area contributed by atoms with Crippen molar-refractivity contribution in [2.75, 3.05) is 18.5 Å². The zero-order valence-electron chi connectivity index (χ0n) is 13.2. The molecule has 0 radical (unpaired) electrons. The number of esters is 1. The van der Waals surface area contributed by atoms with E-state index in [1.54, 1.807) is 12.3 Å². The van der Waals surface area contributed by atoms with Crippen molar-refractivity contribution in [3.05, 3.63) is 11.1 Å². The molecular formula is C14H24ClN3O3S. The van der Waals surface area contributed by atoms with Crippen molar-refractivity contribution >= 4 is 40.8 Å². The first kappa shape index (κ1) is 20.8. The first-order chi connectivity index (χ1) is 10.0. The Bertz CT molecular complexity index is 481. The Labute approximate surface area is 141 Å². The molecule has 1 aromatic rings. The SMILES string of the molecule is CCOC(=O)Cc1csc(NC(=O)C(CC)(CC)CN)n1.Cl. The fraction of sp³-hybridized carbons (Fsp3) is 0.643. The van der Waals surface area contributed by atoms with Gasteiger partial charge in [-0.2, -0.15) is 0 Å². The Morgan fingerprint density at radius 3 is 2.50 bits per heavy atom. The Morgan fingerprint density at radius 2 is 2.00 bits per heavy atom. The van der Waals surface area contributed by atoms with Crippen LogP contribution < -0.4 is 11.1 Å². The highest BCUT2D eigenvalue weighted by molar-refractivity contribution is 7.13. The molecule has 0 aromatic carbocycles. The molecule has 3 N–H and O–H groups in total. The van der Waals surface area contributed by atoms with Gasteiger partial charge in [0.05, 0.1) is 24.1 Å². The molecule has 22 heavy (non-hydrogen) atoms. The predicted molar refractivity (Wildman–Crippen MR) is 90.4 cm³/mol. The summed E-state index contributed by atoms with van der Waals surface area (Å²) in [7, 11) is 0. The highest BCUT2D eigenvalue weighted by atomic mass is 35.5. The Balaban J connectivity index is 0.00000441. The number of thiazole rings is 1. The minimum atomic E-state index is -0.563. The summed E-state index contributed by atoms with van der Waals surface area (Å²) in [6.45, 7) is 6.30. The van der Waals surface area contributed by atoms with Gasteiger partial charge in [0, 0.05) is 11.9 Å². The van der Waals surface area contributed by atoms with Crippen molar-refractivity contribution < 1.29 is 14.3 Å². The van der Waals surface area contributed by atoms with Crippen LogP contribution in [0.3, 0.4) is 0 Å². The van der Waals surface area contributed by atoms with Crippen LogP contribution in [0.4, 0.5) is 5.13 Å². The molecule has 0 saturated heterocycles. The maximum Gasteiger partial charge on any atom is 0.311 e. The van der Waals surface area contributed by atoms with Crippen molar-refractivity contribution in [1.29, 1.82) is 0 Å². The van der Waals surface area contributed by atoms with Crippen molar-refractivity contribution in [2.24, 2.45) is 11.1 Å². The molecule has 0 spiro atoms. The molecule has 6 nitrogen and oxygen atoms in total. The quantitative estimate of drug-likeness (QED) is 0.702. The number of ether oxygens (including phenoxy) is 1. The summed E-state index contributed by atoms with van der Waals surface area (Å²) in [5, 5.41) is 5.03. The number of nitrogens with two attached hydrogens (primary N) is 1. The second-order valence-corrected chi connectivity index (χ2v) is 5.63. The van der Waals surface area contributed by atoms with Gasteiger partial charge in [0.15, 0.2) is 5.13 Å². The second-order valence-electron chi connectivity index (χ2n) is 4.77. The van der Waals surface area contributed by atoms with Gasteiger partial charge in [-0.25, -0.2) is 4.98 Å². The van der Waals surface area contributed by atoms with Crippen LogP contribution in [0.5, 0.6) is 0 Å². The number of carbonyl (C=O) groups is 2. The van der Waals surface area contributed by atoms with Gasteiger partial charge in [-0.3, -0.25) is 9.59 Å². The van der Waals surface area contributed by atoms with Gasteiger partial charge in [0.1, 0.15) is 0 Å². The molecule has 0 fully saturated rings. The van der Waals surface area contributed by atoms with Gasteiger partial charge in [0.2, 0.25) is 5.91 Å². The average Bonchev–Trinajstić information content (AvgIpc) is 2.88. The molecule has 1 amide bonds. The highest BCUT2D eigenvalue weighted by Gasteiger charge is 2.33. The van der Waals surface area contributed by atoms with E-state index in [4.69, 9.17) is 10.5 Å². The molecule has 0 aliphatic heterocycles. The minimum Gasteiger partial charge on any atom is -0.466 e. The Kier molecular flexibility index (Phi) is 9.24. The van der Waals surface area contributed by atoms with Crippen LogP contribution in [0, 0.1) is 5.41 Å². The zero-order chi connectivity index (χ0) is 15.9. The van der Waals surface area contributed by atoms with Crippen LogP contribution in [0.25, 0.3) is 0 Å². The summed E-state index contributed by atoms with van der Waals surface area (Å²) >= 11 is 1.29. The molecule has 0 bridgehead atoms. The summed E-state index contributed by atoms with van der Waals surface area (Å²) in [4.78, 5) is 28.0. The minimum absolute atomic E-state index is 0. The fourth-order valence-corrected chi connectivity index (χ4v) is 2.69. The van der Waals surface area contributed by atoms with Crippen molar-refractivity contribution in [3.63, 3.8) is 0 Å². The number of halogens is 1. The summed E-state index contributed by atoms with van der Waals surface area (Å²) in [5.74, 6) is -0.439. The van der Waals surface area contributed by atoms with Gasteiger partial charge in [-0.1, -0.05) is 13.8 Å². The lowest BCUT2D eigenvalue weighted by Gasteiger charge is -2.27. The van der Waals surface area contributed by atoms with Crippen LogP contribution in [0.2, 0.25) is 0 Å². The largest absolute Gasteiger partial charge is 0.466 e. The number of anilines is 1. The fourth-order valence-electron chi connectivity index (χ4n) is 1.99. The summed E-state index contributed by atoms with van der Waals surface area (Å²) in [6, 6.07) is 0. The first-order valence-electron chi connectivity index (χ1n) is 7.12. The third-order valence-electron chi connectivity index (χ3n) is 3.63. The molecule has 1 aromatic heterocycles. The highest BCUT2D eigenvalue weighted by Crippen LogP contribution is 2.27. The second kappa shape index (κ2) is 9.76. The molecule has 1 heterocycles. The summed E-state index contributed by atoms with van der Waals surface area (Å²) < 4.78 is 4.86. The van der Waals surface area contributed by atoms with Crippen LogP contribution in [-0.2, 0) is 20.7 Å². The molecule has 0 aliphatic rings. The Hall–Kier alpha value is -1.18. The van der Waals surface area contributed by atoms with Crippen molar-refractivity contribution in [1.82, 2.24) is 4.98 Å². The van der Waals surface area contributed by atoms with Crippen LogP contribution in [0.1, 0.15) is 39.3 Å². The van der Waals surface area contributed by atoms with E-state index < -0.39 is 5.41 Å². The first-order valence-corrected chi connectivity index (χ1v) is 8.00. The van der Waals surface area contributed by atoms with Crippen LogP contribution >= 0.6 is 23.7 Å². The van der Waals surface area contributed by atoms with Gasteiger partial charge >= 0.3 is 5.97 Å². The number of nitrogens with zero attached hydrogens (tertiary/aromatic N) is 1. The number of amides is 1. The molecular weight excluding hydrogens is 326 g/mol. The van der Waals surface area contributed by atoms with E-state index in [9.17, 15) is 9.59 Å². The molecule has 0 aliphatic carbocycles. The predicted octanol–water partition coefficient (Wildman–Crippen LogP) is 2.37. The third-order valence-corrected chi connectivity index (χ3v) is 4.44. The third kappa shape index (κ3) is 5.23. The number of hydrogen-bond acceptors (Lipinski definition) is 6. The molecule has 126 valence electrons. The standard InChI is InChI=1S/C14H23N3O3S.ClH/c1-4-14(5-2,9-15)12(19)17-13-16-10(8-21-13)7-11(18)20-6-3;/h8H,4-7,9,15H2,1-3H3,(H,16,17,19);1H. The summed E-state index contributed by atoms with van der Waals surface area (Å²) in [6.07, 6.45) is 1.46. The normalized spacial score (nSPS) is 10.7. The lowest BCUT2D eigenvalue weighted by atomic mass is 9.81. The van der Waals surface area contributed by atoms with E-state index in [1.165, 1.54) is 11.3 Å².